The van der Waals surface area contributed by atoms with E-state index in [1.165, 1.54) is 12.8 Å². The van der Waals surface area contributed by atoms with Crippen LogP contribution in [0.15, 0.2) is 17.2 Å². The minimum Gasteiger partial charge on any atom is -0.352 e. The third-order valence-electron chi connectivity index (χ3n) is 4.19. The summed E-state index contributed by atoms with van der Waals surface area (Å²) in [7, 11) is 1.78. The molecule has 0 aliphatic carbocycles. The zero-order valence-corrected chi connectivity index (χ0v) is 10.8. The number of piperidine rings is 2. The van der Waals surface area contributed by atoms with Gasteiger partial charge in [-0.2, -0.15) is 0 Å². The Morgan fingerprint density at radius 2 is 2.33 bits per heavy atom. The van der Waals surface area contributed by atoms with Crippen molar-refractivity contribution in [3.63, 3.8) is 0 Å². The molecule has 0 aromatic carbocycles. The van der Waals surface area contributed by atoms with Crippen LogP contribution in [0, 0.1) is 5.92 Å². The van der Waals surface area contributed by atoms with Crippen molar-refractivity contribution in [2.24, 2.45) is 13.0 Å². The molecular formula is C13H20N4O. The van der Waals surface area contributed by atoms with Gasteiger partial charge >= 0.3 is 0 Å². The molecule has 1 aromatic rings. The molecule has 2 aliphatic heterocycles. The standard InChI is InChI=1S/C13H20N4O/c1-16-8-6-15-12(13(16)18)17-7-4-11-10(9-17)3-2-5-14-11/h6,8,10-11,14H,2-5,7,9H2,1H3. The van der Waals surface area contributed by atoms with E-state index in [4.69, 9.17) is 0 Å². The van der Waals surface area contributed by atoms with Gasteiger partial charge < -0.3 is 14.8 Å². The van der Waals surface area contributed by atoms with Crippen molar-refractivity contribution < 1.29 is 0 Å². The molecular weight excluding hydrogens is 228 g/mol. The highest BCUT2D eigenvalue weighted by atomic mass is 16.1. The van der Waals surface area contributed by atoms with Crippen LogP contribution >= 0.6 is 0 Å². The highest BCUT2D eigenvalue weighted by Crippen LogP contribution is 2.26. The Morgan fingerprint density at radius 3 is 3.22 bits per heavy atom. The van der Waals surface area contributed by atoms with Crippen LogP contribution in [0.1, 0.15) is 19.3 Å². The number of hydrogen-bond donors (Lipinski definition) is 1. The van der Waals surface area contributed by atoms with Crippen LogP contribution in [-0.4, -0.2) is 35.2 Å². The smallest absolute Gasteiger partial charge is 0.293 e. The Morgan fingerprint density at radius 1 is 1.44 bits per heavy atom. The summed E-state index contributed by atoms with van der Waals surface area (Å²) in [6, 6.07) is 0.641. The minimum absolute atomic E-state index is 0.0136. The minimum atomic E-state index is 0.0136. The van der Waals surface area contributed by atoms with Crippen molar-refractivity contribution in [1.82, 2.24) is 14.9 Å². The van der Waals surface area contributed by atoms with E-state index in [-0.39, 0.29) is 5.56 Å². The third-order valence-corrected chi connectivity index (χ3v) is 4.19. The first-order valence-electron chi connectivity index (χ1n) is 6.75. The zero-order chi connectivity index (χ0) is 12.5. The summed E-state index contributed by atoms with van der Waals surface area (Å²) in [5, 5.41) is 3.59. The Labute approximate surface area is 107 Å². The van der Waals surface area contributed by atoms with Crippen molar-refractivity contribution in [3.05, 3.63) is 22.7 Å². The maximum Gasteiger partial charge on any atom is 0.293 e. The number of nitrogens with zero attached hydrogens (tertiary/aromatic N) is 3. The van der Waals surface area contributed by atoms with Gasteiger partial charge in [-0.15, -0.1) is 0 Å². The number of aromatic nitrogens is 2. The molecule has 18 heavy (non-hydrogen) atoms. The average Bonchev–Trinajstić information content (AvgIpc) is 2.41. The van der Waals surface area contributed by atoms with Gasteiger partial charge in [0.2, 0.25) is 0 Å². The van der Waals surface area contributed by atoms with Crippen molar-refractivity contribution in [2.75, 3.05) is 24.5 Å². The summed E-state index contributed by atoms with van der Waals surface area (Å²) >= 11 is 0. The first kappa shape index (κ1) is 11.7. The highest BCUT2D eigenvalue weighted by molar-refractivity contribution is 5.36. The fourth-order valence-electron chi connectivity index (χ4n) is 3.14. The van der Waals surface area contributed by atoms with E-state index < -0.39 is 0 Å². The molecule has 98 valence electrons. The summed E-state index contributed by atoms with van der Waals surface area (Å²) < 4.78 is 1.60. The molecule has 2 aliphatic rings. The Kier molecular flexibility index (Phi) is 3.07. The largest absolute Gasteiger partial charge is 0.352 e. The summed E-state index contributed by atoms with van der Waals surface area (Å²) in [5.41, 5.74) is 0.0136. The number of nitrogens with one attached hydrogen (secondary N) is 1. The molecule has 0 bridgehead atoms. The van der Waals surface area contributed by atoms with Gasteiger partial charge in [0.25, 0.3) is 5.56 Å². The average molecular weight is 248 g/mol. The van der Waals surface area contributed by atoms with Crippen LogP contribution in [-0.2, 0) is 7.05 Å². The van der Waals surface area contributed by atoms with Gasteiger partial charge in [-0.1, -0.05) is 0 Å². The van der Waals surface area contributed by atoms with Crippen LogP contribution in [0.4, 0.5) is 5.82 Å². The lowest BCUT2D eigenvalue weighted by molar-refractivity contribution is 0.243. The van der Waals surface area contributed by atoms with Crippen LogP contribution in [0.2, 0.25) is 0 Å². The molecule has 5 nitrogen and oxygen atoms in total. The molecule has 3 rings (SSSR count). The van der Waals surface area contributed by atoms with Gasteiger partial charge in [0.15, 0.2) is 5.82 Å². The van der Waals surface area contributed by atoms with Gasteiger partial charge in [0.05, 0.1) is 0 Å². The maximum absolute atomic E-state index is 12.1. The molecule has 0 saturated carbocycles. The number of rotatable bonds is 1. The predicted octanol–water partition coefficient (Wildman–Crippen LogP) is 0.359. The molecule has 3 heterocycles. The zero-order valence-electron chi connectivity index (χ0n) is 10.8. The highest BCUT2D eigenvalue weighted by Gasteiger charge is 2.32. The summed E-state index contributed by atoms with van der Waals surface area (Å²) in [6.45, 7) is 3.04. The summed E-state index contributed by atoms with van der Waals surface area (Å²) in [6.07, 6.45) is 7.05. The van der Waals surface area contributed by atoms with Gasteiger partial charge in [-0.3, -0.25) is 4.79 Å². The topological polar surface area (TPSA) is 50.2 Å². The van der Waals surface area contributed by atoms with E-state index in [0.717, 1.165) is 26.1 Å². The van der Waals surface area contributed by atoms with Gasteiger partial charge in [0.1, 0.15) is 0 Å². The second-order valence-corrected chi connectivity index (χ2v) is 5.36. The number of anilines is 1. The van der Waals surface area contributed by atoms with Crippen molar-refractivity contribution in [2.45, 2.75) is 25.3 Å². The molecule has 5 heteroatoms. The van der Waals surface area contributed by atoms with E-state index in [1.54, 1.807) is 24.0 Å². The predicted molar refractivity (Wildman–Crippen MR) is 70.8 cm³/mol. The maximum atomic E-state index is 12.1. The molecule has 2 fully saturated rings. The second-order valence-electron chi connectivity index (χ2n) is 5.36. The molecule has 2 unspecified atom stereocenters. The Bertz CT molecular complexity index is 484. The van der Waals surface area contributed by atoms with Crippen LogP contribution in [0.3, 0.4) is 0 Å². The van der Waals surface area contributed by atoms with Crippen molar-refractivity contribution in [1.29, 1.82) is 0 Å². The SMILES string of the molecule is Cn1ccnc(N2CCC3NCCCC3C2)c1=O. The quantitative estimate of drug-likeness (QED) is 0.779. The lowest BCUT2D eigenvalue weighted by atomic mass is 9.85. The number of hydrogen-bond acceptors (Lipinski definition) is 4. The first-order valence-corrected chi connectivity index (χ1v) is 6.75. The second kappa shape index (κ2) is 4.72. The van der Waals surface area contributed by atoms with Gasteiger partial charge in [-0.25, -0.2) is 4.98 Å². The van der Waals surface area contributed by atoms with E-state index in [9.17, 15) is 4.79 Å². The van der Waals surface area contributed by atoms with Crippen LogP contribution in [0.5, 0.6) is 0 Å². The lowest BCUT2D eigenvalue weighted by Gasteiger charge is -2.42. The molecule has 2 atom stereocenters. The normalized spacial score (nSPS) is 27.9. The van der Waals surface area contributed by atoms with Crippen LogP contribution in [0.25, 0.3) is 0 Å². The van der Waals surface area contributed by atoms with Gasteiger partial charge in [0, 0.05) is 38.6 Å². The first-order chi connectivity index (χ1) is 8.75. The van der Waals surface area contributed by atoms with E-state index in [0.29, 0.717) is 17.8 Å². The van der Waals surface area contributed by atoms with E-state index in [1.807, 2.05) is 0 Å². The molecule has 1 N–H and O–H groups in total. The molecule has 1 aromatic heterocycles. The van der Waals surface area contributed by atoms with E-state index in [2.05, 4.69) is 15.2 Å². The summed E-state index contributed by atoms with van der Waals surface area (Å²) in [4.78, 5) is 18.5. The Hall–Kier alpha value is -1.36. The van der Waals surface area contributed by atoms with Gasteiger partial charge in [-0.05, 0) is 31.7 Å². The fraction of sp³-hybridized carbons (Fsp3) is 0.692. The van der Waals surface area contributed by atoms with Crippen molar-refractivity contribution in [3.8, 4) is 0 Å². The molecule has 2 saturated heterocycles. The Balaban J connectivity index is 1.81. The summed E-state index contributed by atoms with van der Waals surface area (Å²) in [5.74, 6) is 1.28. The lowest BCUT2D eigenvalue weighted by Crippen LogP contribution is -2.53. The molecule has 0 spiro atoms. The number of aryl methyl sites for hydroxylation is 1. The number of fused-ring (bicyclic) bond motifs is 1. The molecule has 0 radical (unpaired) electrons. The monoisotopic (exact) mass is 248 g/mol. The third kappa shape index (κ3) is 2.03. The van der Waals surface area contributed by atoms with E-state index >= 15 is 0 Å². The van der Waals surface area contributed by atoms with Crippen molar-refractivity contribution >= 4 is 5.82 Å². The molecule has 0 amide bonds. The fourth-order valence-corrected chi connectivity index (χ4v) is 3.14. The van der Waals surface area contributed by atoms with Crippen LogP contribution < -0.4 is 15.8 Å².